The fraction of sp³-hybridized carbons (Fsp3) is 0. The normalized spacial score (nSPS) is 10.6. The zero-order chi connectivity index (χ0) is 19.5. The standard InChI is InChI=1S/C20H15ClN6O/c1-2-20(28)25-15-6-7-16-17(9-15)27(12-23-16)19-11-22-10-18(26-19)24-14-5-3-4-13(21)8-14/h2-12H,1H2,(H,24,26)(H,25,28). The van der Waals surface area contributed by atoms with Gasteiger partial charge in [-0.1, -0.05) is 24.2 Å². The summed E-state index contributed by atoms with van der Waals surface area (Å²) < 4.78 is 1.80. The van der Waals surface area contributed by atoms with Crippen LogP contribution < -0.4 is 10.6 Å². The summed E-state index contributed by atoms with van der Waals surface area (Å²) in [4.78, 5) is 24.8. The molecule has 2 N–H and O–H groups in total. The number of carbonyl (C=O) groups excluding carboxylic acids is 1. The Labute approximate surface area is 165 Å². The van der Waals surface area contributed by atoms with Crippen LogP contribution in [0.3, 0.4) is 0 Å². The van der Waals surface area contributed by atoms with Crippen molar-refractivity contribution in [1.82, 2.24) is 19.5 Å². The second-order valence-corrected chi connectivity index (χ2v) is 6.35. The highest BCUT2D eigenvalue weighted by Crippen LogP contribution is 2.23. The van der Waals surface area contributed by atoms with E-state index in [9.17, 15) is 4.79 Å². The highest BCUT2D eigenvalue weighted by molar-refractivity contribution is 6.30. The number of imidazole rings is 1. The number of aromatic nitrogens is 4. The molecule has 7 nitrogen and oxygen atoms in total. The van der Waals surface area contributed by atoms with Gasteiger partial charge in [0.25, 0.3) is 0 Å². The van der Waals surface area contributed by atoms with Crippen molar-refractivity contribution in [3.05, 3.63) is 78.9 Å². The van der Waals surface area contributed by atoms with Crippen molar-refractivity contribution >= 4 is 45.7 Å². The van der Waals surface area contributed by atoms with Crippen molar-refractivity contribution in [1.29, 1.82) is 0 Å². The molecule has 2 heterocycles. The summed E-state index contributed by atoms with van der Waals surface area (Å²) in [5.74, 6) is 0.873. The van der Waals surface area contributed by atoms with Gasteiger partial charge in [-0.05, 0) is 42.5 Å². The minimum absolute atomic E-state index is 0.280. The Morgan fingerprint density at radius 3 is 2.86 bits per heavy atom. The van der Waals surface area contributed by atoms with Crippen LogP contribution in [0, 0.1) is 0 Å². The fourth-order valence-corrected chi connectivity index (χ4v) is 2.90. The summed E-state index contributed by atoms with van der Waals surface area (Å²) in [5.41, 5.74) is 3.01. The van der Waals surface area contributed by atoms with E-state index in [1.54, 1.807) is 41.5 Å². The number of hydrogen-bond acceptors (Lipinski definition) is 5. The summed E-state index contributed by atoms with van der Waals surface area (Å²) >= 11 is 6.03. The van der Waals surface area contributed by atoms with Gasteiger partial charge >= 0.3 is 0 Å². The average Bonchev–Trinajstić information content (AvgIpc) is 3.11. The minimum Gasteiger partial charge on any atom is -0.339 e. The van der Waals surface area contributed by atoms with Crippen molar-refractivity contribution in [3.63, 3.8) is 0 Å². The predicted octanol–water partition coefficient (Wildman–Crippen LogP) is 4.34. The molecule has 0 radical (unpaired) electrons. The molecule has 8 heteroatoms. The van der Waals surface area contributed by atoms with E-state index in [2.05, 4.69) is 32.2 Å². The average molecular weight is 391 g/mol. The number of carbonyl (C=O) groups is 1. The highest BCUT2D eigenvalue weighted by Gasteiger charge is 2.09. The van der Waals surface area contributed by atoms with Gasteiger partial charge in [0.15, 0.2) is 11.6 Å². The van der Waals surface area contributed by atoms with Gasteiger partial charge in [0.2, 0.25) is 5.91 Å². The smallest absolute Gasteiger partial charge is 0.247 e. The Balaban J connectivity index is 1.68. The Bertz CT molecular complexity index is 1190. The molecule has 0 aliphatic rings. The lowest BCUT2D eigenvalue weighted by atomic mass is 10.2. The Kier molecular flexibility index (Phi) is 4.74. The molecule has 0 aliphatic carbocycles. The van der Waals surface area contributed by atoms with Gasteiger partial charge in [-0.25, -0.2) is 9.97 Å². The number of halogens is 1. The number of rotatable bonds is 5. The highest BCUT2D eigenvalue weighted by atomic mass is 35.5. The van der Waals surface area contributed by atoms with Crippen molar-refractivity contribution < 1.29 is 4.79 Å². The summed E-state index contributed by atoms with van der Waals surface area (Å²) in [6, 6.07) is 12.8. The van der Waals surface area contributed by atoms with E-state index in [0.29, 0.717) is 22.3 Å². The van der Waals surface area contributed by atoms with Gasteiger partial charge in [-0.15, -0.1) is 0 Å². The maximum atomic E-state index is 11.6. The first-order valence-electron chi connectivity index (χ1n) is 8.38. The molecule has 0 aliphatic heterocycles. The van der Waals surface area contributed by atoms with Crippen LogP contribution in [0.4, 0.5) is 17.2 Å². The molecule has 2 aromatic heterocycles. The van der Waals surface area contributed by atoms with Gasteiger partial charge < -0.3 is 10.6 Å². The Morgan fingerprint density at radius 2 is 2.04 bits per heavy atom. The van der Waals surface area contributed by atoms with E-state index in [-0.39, 0.29) is 5.91 Å². The van der Waals surface area contributed by atoms with Gasteiger partial charge in [0.1, 0.15) is 6.33 Å². The number of fused-ring (bicyclic) bond motifs is 1. The molecule has 0 bridgehead atoms. The second-order valence-electron chi connectivity index (χ2n) is 5.91. The third-order valence-electron chi connectivity index (χ3n) is 3.97. The molecular weight excluding hydrogens is 376 g/mol. The fourth-order valence-electron chi connectivity index (χ4n) is 2.71. The summed E-state index contributed by atoms with van der Waals surface area (Å²) in [5, 5.41) is 6.55. The Hall–Kier alpha value is -3.71. The predicted molar refractivity (Wildman–Crippen MR) is 110 cm³/mol. The molecule has 0 fully saturated rings. The molecule has 28 heavy (non-hydrogen) atoms. The van der Waals surface area contributed by atoms with Gasteiger partial charge in [-0.2, -0.15) is 0 Å². The zero-order valence-electron chi connectivity index (χ0n) is 14.6. The molecule has 138 valence electrons. The zero-order valence-corrected chi connectivity index (χ0v) is 15.4. The summed E-state index contributed by atoms with van der Waals surface area (Å²) in [6.07, 6.45) is 6.15. The van der Waals surface area contributed by atoms with Crippen LogP contribution in [-0.2, 0) is 4.79 Å². The number of amides is 1. The van der Waals surface area contributed by atoms with E-state index >= 15 is 0 Å². The van der Waals surface area contributed by atoms with Crippen LogP contribution in [0.25, 0.3) is 16.9 Å². The third-order valence-corrected chi connectivity index (χ3v) is 4.20. The van der Waals surface area contributed by atoms with Crippen molar-refractivity contribution in [2.24, 2.45) is 0 Å². The van der Waals surface area contributed by atoms with Gasteiger partial charge in [0.05, 0.1) is 23.4 Å². The SMILES string of the molecule is C=CC(=O)Nc1ccc2ncn(-c3cncc(Nc4cccc(Cl)c4)n3)c2c1. The third kappa shape index (κ3) is 3.70. The van der Waals surface area contributed by atoms with E-state index in [1.165, 1.54) is 6.08 Å². The molecule has 4 aromatic rings. The molecule has 1 amide bonds. The summed E-state index contributed by atoms with van der Waals surface area (Å²) in [7, 11) is 0. The van der Waals surface area contributed by atoms with Crippen molar-refractivity contribution in [2.45, 2.75) is 0 Å². The van der Waals surface area contributed by atoms with Crippen LogP contribution >= 0.6 is 11.6 Å². The number of hydrogen-bond donors (Lipinski definition) is 2. The summed E-state index contributed by atoms with van der Waals surface area (Å²) in [6.45, 7) is 3.46. The molecule has 4 rings (SSSR count). The van der Waals surface area contributed by atoms with Crippen LogP contribution in [0.2, 0.25) is 5.02 Å². The molecule has 2 aromatic carbocycles. The van der Waals surface area contributed by atoms with Crippen LogP contribution in [0.1, 0.15) is 0 Å². The van der Waals surface area contributed by atoms with E-state index in [0.717, 1.165) is 16.7 Å². The van der Waals surface area contributed by atoms with E-state index < -0.39 is 0 Å². The Morgan fingerprint density at radius 1 is 1.14 bits per heavy atom. The van der Waals surface area contributed by atoms with Gasteiger partial charge in [-0.3, -0.25) is 14.3 Å². The largest absolute Gasteiger partial charge is 0.339 e. The number of nitrogens with zero attached hydrogens (tertiary/aromatic N) is 4. The quantitative estimate of drug-likeness (QED) is 0.495. The lowest BCUT2D eigenvalue weighted by molar-refractivity contribution is -0.111. The monoisotopic (exact) mass is 390 g/mol. The molecule has 0 unspecified atom stereocenters. The van der Waals surface area contributed by atoms with Gasteiger partial charge in [0, 0.05) is 16.4 Å². The molecule has 0 saturated heterocycles. The number of anilines is 3. The number of nitrogens with one attached hydrogen (secondary N) is 2. The maximum Gasteiger partial charge on any atom is 0.247 e. The molecule has 0 saturated carbocycles. The van der Waals surface area contributed by atoms with Crippen molar-refractivity contribution in [2.75, 3.05) is 10.6 Å². The lowest BCUT2D eigenvalue weighted by Crippen LogP contribution is -2.07. The van der Waals surface area contributed by atoms with Crippen LogP contribution in [0.15, 0.2) is 73.8 Å². The first-order valence-corrected chi connectivity index (χ1v) is 8.76. The minimum atomic E-state index is -0.280. The van der Waals surface area contributed by atoms with E-state index in [1.807, 2.05) is 24.3 Å². The van der Waals surface area contributed by atoms with Crippen molar-refractivity contribution in [3.8, 4) is 5.82 Å². The molecule has 0 spiro atoms. The topological polar surface area (TPSA) is 84.7 Å². The van der Waals surface area contributed by atoms with Crippen LogP contribution in [-0.4, -0.2) is 25.4 Å². The van der Waals surface area contributed by atoms with E-state index in [4.69, 9.17) is 11.6 Å². The van der Waals surface area contributed by atoms with Crippen LogP contribution in [0.5, 0.6) is 0 Å². The second kappa shape index (κ2) is 7.50. The molecular formula is C20H15ClN6O. The number of benzene rings is 2. The molecule has 0 atom stereocenters. The first kappa shape index (κ1) is 17.7. The first-order chi connectivity index (χ1) is 13.6. The lowest BCUT2D eigenvalue weighted by Gasteiger charge is -2.09. The maximum absolute atomic E-state index is 11.6.